The van der Waals surface area contributed by atoms with Gasteiger partial charge in [-0.1, -0.05) is 6.58 Å². The Bertz CT molecular complexity index is 1440. The molecule has 2 fully saturated rings. The number of nitrogens with zero attached hydrogens (tertiary/aromatic N) is 5. The minimum Gasteiger partial charge on any atom is -0.367 e. The molecule has 1 aromatic carbocycles. The number of carbonyl (C=O) groups excluding carboxylic acids is 3. The first-order chi connectivity index (χ1) is 21.4. The lowest BCUT2D eigenvalue weighted by atomic mass is 9.89. The Morgan fingerprint density at radius 3 is 2.49 bits per heavy atom. The topological polar surface area (TPSA) is 134 Å². The summed E-state index contributed by atoms with van der Waals surface area (Å²) in [7, 11) is 2.03. The summed E-state index contributed by atoms with van der Waals surface area (Å²) < 4.78 is 38.6. The first-order valence-corrected chi connectivity index (χ1v) is 14.7. The summed E-state index contributed by atoms with van der Waals surface area (Å²) in [4.78, 5) is 48.5. The monoisotopic (exact) mass is 626 g/mol. The largest absolute Gasteiger partial charge is 0.405 e. The molecular weight excluding hydrogens is 589 g/mol. The van der Waals surface area contributed by atoms with Crippen molar-refractivity contribution in [2.75, 3.05) is 53.7 Å². The maximum Gasteiger partial charge on any atom is 0.405 e. The Morgan fingerprint density at radius 2 is 1.89 bits per heavy atom. The van der Waals surface area contributed by atoms with E-state index in [9.17, 15) is 27.6 Å². The number of hydrogen-bond acceptors (Lipinski definition) is 8. The van der Waals surface area contributed by atoms with Crippen LogP contribution in [-0.2, 0) is 14.4 Å². The second-order valence-electron chi connectivity index (χ2n) is 11.3. The lowest BCUT2D eigenvalue weighted by molar-refractivity contribution is -0.145. The number of carbonyl (C=O) groups is 3. The molecule has 14 heteroatoms. The molecule has 1 saturated carbocycles. The van der Waals surface area contributed by atoms with Gasteiger partial charge in [0, 0.05) is 49.6 Å². The molecule has 11 nitrogen and oxygen atoms in total. The predicted molar refractivity (Wildman–Crippen MR) is 165 cm³/mol. The van der Waals surface area contributed by atoms with Gasteiger partial charge >= 0.3 is 18.0 Å². The van der Waals surface area contributed by atoms with Gasteiger partial charge in [-0.05, 0) is 76.1 Å². The zero-order valence-corrected chi connectivity index (χ0v) is 25.2. The van der Waals surface area contributed by atoms with Crippen molar-refractivity contribution in [3.05, 3.63) is 54.7 Å². The van der Waals surface area contributed by atoms with Gasteiger partial charge in [-0.15, -0.1) is 0 Å². The van der Waals surface area contributed by atoms with E-state index in [1.54, 1.807) is 35.6 Å². The number of hydrogen-bond donors (Lipinski definition) is 3. The molecule has 3 amide bonds. The van der Waals surface area contributed by atoms with E-state index >= 15 is 0 Å². The quantitative estimate of drug-likeness (QED) is 0.299. The molecule has 240 valence electrons. The van der Waals surface area contributed by atoms with Crippen LogP contribution < -0.4 is 25.8 Å². The molecule has 0 spiro atoms. The predicted octanol–water partition coefficient (Wildman–Crippen LogP) is 3.65. The van der Waals surface area contributed by atoms with Crippen LogP contribution in [0.15, 0.2) is 49.2 Å². The smallest absolute Gasteiger partial charge is 0.367 e. The number of anilines is 4. The van der Waals surface area contributed by atoms with Gasteiger partial charge in [0.1, 0.15) is 18.4 Å². The molecule has 45 heavy (non-hydrogen) atoms. The number of aromatic nitrogens is 1. The summed E-state index contributed by atoms with van der Waals surface area (Å²) >= 11 is 0. The van der Waals surface area contributed by atoms with Crippen LogP contribution in [0.5, 0.6) is 0 Å². The van der Waals surface area contributed by atoms with Crippen molar-refractivity contribution in [1.29, 1.82) is 5.26 Å². The minimum atomic E-state index is -4.69. The third-order valence-electron chi connectivity index (χ3n) is 8.17. The third-order valence-corrected chi connectivity index (χ3v) is 8.17. The highest BCUT2D eigenvalue weighted by molar-refractivity contribution is 6.40. The van der Waals surface area contributed by atoms with Gasteiger partial charge in [0.2, 0.25) is 5.91 Å². The second kappa shape index (κ2) is 14.4. The number of halogens is 3. The summed E-state index contributed by atoms with van der Waals surface area (Å²) in [5.74, 6) is -2.37. The van der Waals surface area contributed by atoms with Crippen molar-refractivity contribution in [2.24, 2.45) is 0 Å². The van der Waals surface area contributed by atoms with Crippen LogP contribution in [0.3, 0.4) is 0 Å². The summed E-state index contributed by atoms with van der Waals surface area (Å²) in [5, 5.41) is 16.8. The summed E-state index contributed by atoms with van der Waals surface area (Å²) in [5.41, 5.74) is 1.81. The zero-order chi connectivity index (χ0) is 32.7. The number of rotatable bonds is 8. The van der Waals surface area contributed by atoms with Crippen molar-refractivity contribution >= 4 is 40.6 Å². The highest BCUT2D eigenvalue weighted by Crippen LogP contribution is 2.36. The number of amides is 3. The molecule has 3 N–H and O–H groups in total. The van der Waals surface area contributed by atoms with Crippen LogP contribution in [0.1, 0.15) is 38.2 Å². The van der Waals surface area contributed by atoms with Crippen LogP contribution in [0.2, 0.25) is 0 Å². The Labute approximate surface area is 260 Å². The van der Waals surface area contributed by atoms with E-state index in [2.05, 4.69) is 38.9 Å². The summed E-state index contributed by atoms with van der Waals surface area (Å²) in [6, 6.07) is 10.1. The van der Waals surface area contributed by atoms with Gasteiger partial charge < -0.3 is 30.7 Å². The SMILES string of the molecule is C=CC(=O)Nc1cc(N(C(=O)C(=O)NCC(F)(F)F)C2CCC(Nc3ccc(C#N)cn3)CC2)ccc1N1CCN(C)[C@@H](C)C1. The first kappa shape index (κ1) is 33.3. The van der Waals surface area contributed by atoms with E-state index in [-0.39, 0.29) is 17.8 Å². The van der Waals surface area contributed by atoms with Crippen molar-refractivity contribution in [2.45, 2.75) is 56.9 Å². The fourth-order valence-corrected chi connectivity index (χ4v) is 5.59. The number of likely N-dealkylation sites (N-methyl/N-ethyl adjacent to an activating group) is 1. The first-order valence-electron chi connectivity index (χ1n) is 14.7. The van der Waals surface area contributed by atoms with Gasteiger partial charge in [-0.25, -0.2) is 4.98 Å². The lowest BCUT2D eigenvalue weighted by Crippen LogP contribution is -2.51. The minimum absolute atomic E-state index is 0.0123. The van der Waals surface area contributed by atoms with Crippen LogP contribution >= 0.6 is 0 Å². The molecule has 0 unspecified atom stereocenters. The molecule has 0 bridgehead atoms. The molecule has 2 aliphatic rings. The van der Waals surface area contributed by atoms with E-state index in [0.717, 1.165) is 12.6 Å². The Morgan fingerprint density at radius 1 is 1.16 bits per heavy atom. The maximum absolute atomic E-state index is 13.5. The molecule has 1 aliphatic carbocycles. The van der Waals surface area contributed by atoms with Crippen LogP contribution in [0.4, 0.5) is 36.1 Å². The average molecular weight is 627 g/mol. The van der Waals surface area contributed by atoms with E-state index in [1.807, 2.05) is 13.1 Å². The fraction of sp³-hybridized carbons (Fsp3) is 0.452. The van der Waals surface area contributed by atoms with E-state index < -0.39 is 36.5 Å². The number of benzene rings is 1. The number of piperazine rings is 1. The second-order valence-corrected chi connectivity index (χ2v) is 11.3. The molecule has 1 aliphatic heterocycles. The molecule has 1 saturated heterocycles. The van der Waals surface area contributed by atoms with Gasteiger partial charge in [0.05, 0.1) is 16.9 Å². The molecule has 4 rings (SSSR count). The van der Waals surface area contributed by atoms with Gasteiger partial charge in [0.15, 0.2) is 0 Å². The lowest BCUT2D eigenvalue weighted by Gasteiger charge is -2.40. The van der Waals surface area contributed by atoms with E-state index in [4.69, 9.17) is 5.26 Å². The number of alkyl halides is 3. The van der Waals surface area contributed by atoms with Crippen molar-refractivity contribution in [3.63, 3.8) is 0 Å². The third kappa shape index (κ3) is 8.72. The van der Waals surface area contributed by atoms with Crippen molar-refractivity contribution < 1.29 is 27.6 Å². The van der Waals surface area contributed by atoms with Crippen LogP contribution in [0.25, 0.3) is 0 Å². The van der Waals surface area contributed by atoms with Gasteiger partial charge in [-0.2, -0.15) is 18.4 Å². The highest BCUT2D eigenvalue weighted by atomic mass is 19.4. The Balaban J connectivity index is 1.61. The Hall–Kier alpha value is -4.64. The zero-order valence-electron chi connectivity index (χ0n) is 25.2. The molecule has 2 heterocycles. The van der Waals surface area contributed by atoms with E-state index in [0.29, 0.717) is 61.5 Å². The number of pyridine rings is 1. The molecule has 2 aromatic rings. The number of nitrogens with one attached hydrogen (secondary N) is 3. The molecule has 1 aromatic heterocycles. The van der Waals surface area contributed by atoms with Crippen LogP contribution in [-0.4, -0.2) is 85.1 Å². The van der Waals surface area contributed by atoms with E-state index in [1.165, 1.54) is 11.1 Å². The van der Waals surface area contributed by atoms with Gasteiger partial charge in [0.25, 0.3) is 0 Å². The highest BCUT2D eigenvalue weighted by Gasteiger charge is 2.36. The molecular formula is C31H37F3N8O3. The average Bonchev–Trinajstić information content (AvgIpc) is 3.02. The maximum atomic E-state index is 13.5. The van der Waals surface area contributed by atoms with Crippen molar-refractivity contribution in [1.82, 2.24) is 15.2 Å². The summed E-state index contributed by atoms with van der Waals surface area (Å²) in [6.07, 6.45) is -0.0596. The number of nitriles is 1. The van der Waals surface area contributed by atoms with Crippen molar-refractivity contribution in [3.8, 4) is 6.07 Å². The molecule has 1 atom stereocenters. The van der Waals surface area contributed by atoms with Gasteiger partial charge in [-0.3, -0.25) is 14.4 Å². The standard InChI is InChI=1S/C31H37F3N8O3/c1-4-28(43)39-25-15-24(10-11-26(25)41-14-13-40(3)20(2)18-41)42(30(45)29(44)37-19-31(32,33)34)23-8-6-22(7-9-23)38-27-12-5-21(16-35)17-36-27/h4-5,10-12,15,17,20,22-23H,1,6-9,13-14,18-19H2,2-3H3,(H,36,38)(H,37,44)(H,39,43)/t20-,22?,23?/m0/s1. The Kier molecular flexibility index (Phi) is 10.7. The summed E-state index contributed by atoms with van der Waals surface area (Å²) in [6.45, 7) is 6.13. The van der Waals surface area contributed by atoms with Crippen LogP contribution in [0, 0.1) is 11.3 Å². The fourth-order valence-electron chi connectivity index (χ4n) is 5.59. The molecule has 0 radical (unpaired) electrons. The normalized spacial score (nSPS) is 20.4.